The van der Waals surface area contributed by atoms with Crippen molar-refractivity contribution in [3.8, 4) is 0 Å². The van der Waals surface area contributed by atoms with Crippen LogP contribution in [-0.4, -0.2) is 46.7 Å². The molecule has 8 heteroatoms. The van der Waals surface area contributed by atoms with Crippen LogP contribution in [0.3, 0.4) is 0 Å². The molecule has 0 saturated carbocycles. The van der Waals surface area contributed by atoms with Gasteiger partial charge in [-0.3, -0.25) is 9.48 Å². The van der Waals surface area contributed by atoms with Gasteiger partial charge in [-0.1, -0.05) is 30.3 Å². The molecule has 2 aromatic rings. The highest BCUT2D eigenvalue weighted by molar-refractivity contribution is 7.89. The summed E-state index contributed by atoms with van der Waals surface area (Å²) in [5.74, 6) is -0.696. The van der Waals surface area contributed by atoms with E-state index >= 15 is 0 Å². The van der Waals surface area contributed by atoms with Crippen molar-refractivity contribution >= 4 is 16.0 Å². The maximum Gasteiger partial charge on any atom is 0.325 e. The zero-order valence-electron chi connectivity index (χ0n) is 13.1. The molecule has 1 fully saturated rings. The Hall–Kier alpha value is -2.19. The van der Waals surface area contributed by atoms with E-state index in [9.17, 15) is 13.2 Å². The van der Waals surface area contributed by atoms with E-state index in [4.69, 9.17) is 5.11 Å². The highest BCUT2D eigenvalue weighted by Gasteiger charge is 2.30. The number of hydrogen-bond donors (Lipinski definition) is 1. The summed E-state index contributed by atoms with van der Waals surface area (Å²) < 4.78 is 27.9. The number of carboxylic acids is 1. The van der Waals surface area contributed by atoms with Crippen molar-refractivity contribution in [2.45, 2.75) is 30.2 Å². The summed E-state index contributed by atoms with van der Waals surface area (Å²) in [6.07, 6.45) is 4.02. The van der Waals surface area contributed by atoms with E-state index in [0.717, 1.165) is 17.5 Å². The topological polar surface area (TPSA) is 92.5 Å². The minimum absolute atomic E-state index is 0.0434. The van der Waals surface area contributed by atoms with E-state index < -0.39 is 16.0 Å². The van der Waals surface area contributed by atoms with Crippen molar-refractivity contribution in [3.05, 3.63) is 48.3 Å². The standard InChI is InChI=1S/C16H19N3O4S/c20-16(21)12-18-11-15(10-17-18)24(22,23)19-8-6-14(7-9-19)13-4-2-1-3-5-13/h1-5,10-11,14H,6-9,12H2,(H,20,21). The number of sulfonamides is 1. The third kappa shape index (κ3) is 3.49. The quantitative estimate of drug-likeness (QED) is 0.884. The Morgan fingerprint density at radius 3 is 2.50 bits per heavy atom. The summed E-state index contributed by atoms with van der Waals surface area (Å²) >= 11 is 0. The van der Waals surface area contributed by atoms with Gasteiger partial charge in [0.1, 0.15) is 11.4 Å². The number of carboxylic acid groups (broad SMARTS) is 1. The monoisotopic (exact) mass is 349 g/mol. The van der Waals surface area contributed by atoms with Crippen molar-refractivity contribution in [2.24, 2.45) is 0 Å². The molecule has 0 unspecified atom stereocenters. The highest BCUT2D eigenvalue weighted by Crippen LogP contribution is 2.30. The van der Waals surface area contributed by atoms with E-state index in [2.05, 4.69) is 17.2 Å². The summed E-state index contributed by atoms with van der Waals surface area (Å²) in [6.45, 7) is 0.545. The van der Waals surface area contributed by atoms with E-state index in [0.29, 0.717) is 19.0 Å². The fourth-order valence-corrected chi connectivity index (χ4v) is 4.43. The number of nitrogens with zero attached hydrogens (tertiary/aromatic N) is 3. The van der Waals surface area contributed by atoms with Crippen molar-refractivity contribution < 1.29 is 18.3 Å². The van der Waals surface area contributed by atoms with E-state index in [1.54, 1.807) is 0 Å². The lowest BCUT2D eigenvalue weighted by Crippen LogP contribution is -2.37. The van der Waals surface area contributed by atoms with E-state index in [1.807, 2.05) is 18.2 Å². The van der Waals surface area contributed by atoms with Crippen LogP contribution in [0.1, 0.15) is 24.3 Å². The molecule has 1 aliphatic heterocycles. The predicted octanol–water partition coefficient (Wildman–Crippen LogP) is 1.54. The summed E-state index contributed by atoms with van der Waals surface area (Å²) in [5, 5.41) is 12.6. The summed E-state index contributed by atoms with van der Waals surface area (Å²) in [7, 11) is -3.63. The smallest absolute Gasteiger partial charge is 0.325 e. The van der Waals surface area contributed by atoms with Crippen LogP contribution in [0.4, 0.5) is 0 Å². The Bertz CT molecular complexity index is 809. The molecular formula is C16H19N3O4S. The molecule has 0 bridgehead atoms. The van der Waals surface area contributed by atoms with Crippen molar-refractivity contribution in [3.63, 3.8) is 0 Å². The van der Waals surface area contributed by atoms with E-state index in [1.165, 1.54) is 22.3 Å². The van der Waals surface area contributed by atoms with Gasteiger partial charge in [-0.05, 0) is 24.3 Å². The summed E-state index contributed by atoms with van der Waals surface area (Å²) in [4.78, 5) is 10.7. The molecule has 0 radical (unpaired) electrons. The maximum atomic E-state index is 12.7. The molecular weight excluding hydrogens is 330 g/mol. The zero-order valence-corrected chi connectivity index (χ0v) is 13.9. The van der Waals surface area contributed by atoms with Crippen LogP contribution in [0.5, 0.6) is 0 Å². The lowest BCUT2D eigenvalue weighted by atomic mass is 9.90. The highest BCUT2D eigenvalue weighted by atomic mass is 32.2. The molecule has 0 amide bonds. The molecule has 1 aliphatic rings. The number of benzene rings is 1. The van der Waals surface area contributed by atoms with Gasteiger partial charge in [0.2, 0.25) is 10.0 Å². The van der Waals surface area contributed by atoms with Crippen molar-refractivity contribution in [2.75, 3.05) is 13.1 Å². The van der Waals surface area contributed by atoms with Gasteiger partial charge >= 0.3 is 5.97 Å². The molecule has 24 heavy (non-hydrogen) atoms. The first-order valence-corrected chi connectivity index (χ1v) is 9.20. The number of aromatic nitrogens is 2. The van der Waals surface area contributed by atoms with Crippen molar-refractivity contribution in [1.82, 2.24) is 14.1 Å². The molecule has 1 N–H and O–H groups in total. The normalized spacial score (nSPS) is 17.0. The minimum atomic E-state index is -3.63. The molecule has 2 heterocycles. The Labute approximate surface area is 140 Å². The molecule has 1 aromatic carbocycles. The molecule has 0 spiro atoms. The van der Waals surface area contributed by atoms with Gasteiger partial charge in [-0.2, -0.15) is 9.40 Å². The Morgan fingerprint density at radius 1 is 1.21 bits per heavy atom. The van der Waals surface area contributed by atoms with Crippen LogP contribution in [0, 0.1) is 0 Å². The molecule has 7 nitrogen and oxygen atoms in total. The third-order valence-corrected chi connectivity index (χ3v) is 6.12. The van der Waals surface area contributed by atoms with Crippen LogP contribution in [-0.2, 0) is 21.4 Å². The second-order valence-electron chi connectivity index (χ2n) is 5.86. The summed E-state index contributed by atoms with van der Waals surface area (Å²) in [6, 6.07) is 10.1. The first-order valence-electron chi connectivity index (χ1n) is 7.76. The number of piperidine rings is 1. The molecule has 1 saturated heterocycles. The van der Waals surface area contributed by atoms with Gasteiger partial charge in [0.15, 0.2) is 0 Å². The first-order chi connectivity index (χ1) is 11.5. The molecule has 0 aliphatic carbocycles. The largest absolute Gasteiger partial charge is 0.480 e. The van der Waals surface area contributed by atoms with Gasteiger partial charge < -0.3 is 5.11 Å². The average molecular weight is 349 g/mol. The SMILES string of the molecule is O=C(O)Cn1cc(S(=O)(=O)N2CCC(c3ccccc3)CC2)cn1. The van der Waals surface area contributed by atoms with Crippen molar-refractivity contribution in [1.29, 1.82) is 0 Å². The molecule has 128 valence electrons. The zero-order chi connectivity index (χ0) is 17.2. The Balaban J connectivity index is 1.68. The minimum Gasteiger partial charge on any atom is -0.480 e. The lowest BCUT2D eigenvalue weighted by Gasteiger charge is -2.31. The molecule has 0 atom stereocenters. The summed E-state index contributed by atoms with van der Waals surface area (Å²) in [5.41, 5.74) is 1.24. The number of carbonyl (C=O) groups is 1. The Morgan fingerprint density at radius 2 is 1.88 bits per heavy atom. The van der Waals surface area contributed by atoms with Gasteiger partial charge in [0.25, 0.3) is 0 Å². The fourth-order valence-electron chi connectivity index (χ4n) is 3.01. The fraction of sp³-hybridized carbons (Fsp3) is 0.375. The maximum absolute atomic E-state index is 12.7. The molecule has 1 aromatic heterocycles. The average Bonchev–Trinajstić information content (AvgIpc) is 3.04. The molecule has 3 rings (SSSR count). The first kappa shape index (κ1) is 16.7. The number of rotatable bonds is 5. The van der Waals surface area contributed by atoms with Crippen LogP contribution in [0.25, 0.3) is 0 Å². The predicted molar refractivity (Wildman–Crippen MR) is 87.0 cm³/mol. The van der Waals surface area contributed by atoms with Crippen LogP contribution >= 0.6 is 0 Å². The second-order valence-corrected chi connectivity index (χ2v) is 7.79. The lowest BCUT2D eigenvalue weighted by molar-refractivity contribution is -0.137. The number of hydrogen-bond acceptors (Lipinski definition) is 4. The van der Waals surface area contributed by atoms with Crippen LogP contribution in [0.2, 0.25) is 0 Å². The number of aliphatic carboxylic acids is 1. The van der Waals surface area contributed by atoms with Gasteiger partial charge in [0, 0.05) is 19.3 Å². The third-order valence-electron chi connectivity index (χ3n) is 4.27. The van der Waals surface area contributed by atoms with Crippen LogP contribution in [0.15, 0.2) is 47.6 Å². The van der Waals surface area contributed by atoms with Crippen LogP contribution < -0.4 is 0 Å². The van der Waals surface area contributed by atoms with Gasteiger partial charge in [-0.15, -0.1) is 0 Å². The Kier molecular flexibility index (Phi) is 4.68. The van der Waals surface area contributed by atoms with E-state index in [-0.39, 0.29) is 11.4 Å². The van der Waals surface area contributed by atoms with Gasteiger partial charge in [-0.25, -0.2) is 8.42 Å². The van der Waals surface area contributed by atoms with Gasteiger partial charge in [0.05, 0.1) is 6.20 Å². The second kappa shape index (κ2) is 6.74.